The van der Waals surface area contributed by atoms with Crippen LogP contribution in [-0.2, 0) is 0 Å². The number of nitrogens with zero attached hydrogens (tertiary/aromatic N) is 5. The predicted octanol–water partition coefficient (Wildman–Crippen LogP) is 3.00. The number of piperazine rings is 1. The van der Waals surface area contributed by atoms with Crippen LogP contribution < -0.4 is 4.90 Å². The molecule has 1 fully saturated rings. The molecule has 1 saturated heterocycles. The van der Waals surface area contributed by atoms with Crippen LogP contribution in [0, 0.1) is 11.3 Å². The monoisotopic (exact) mass is 335 g/mol. The SMILES string of the molecule is N#CCN1CCN(c2ncnc3scc(-c4ccccc4)c23)CC1. The first-order valence-electron chi connectivity index (χ1n) is 7.98. The van der Waals surface area contributed by atoms with E-state index in [1.807, 2.05) is 6.07 Å². The van der Waals surface area contributed by atoms with Gasteiger partial charge in [0.05, 0.1) is 18.0 Å². The van der Waals surface area contributed by atoms with Crippen LogP contribution in [0.2, 0.25) is 0 Å². The Morgan fingerprint density at radius 1 is 1.08 bits per heavy atom. The lowest BCUT2D eigenvalue weighted by Gasteiger charge is -2.34. The van der Waals surface area contributed by atoms with Gasteiger partial charge in [0, 0.05) is 37.1 Å². The number of benzene rings is 1. The van der Waals surface area contributed by atoms with Gasteiger partial charge in [-0.25, -0.2) is 9.97 Å². The van der Waals surface area contributed by atoms with E-state index in [0.29, 0.717) is 6.54 Å². The zero-order valence-corrected chi connectivity index (χ0v) is 14.0. The highest BCUT2D eigenvalue weighted by Crippen LogP contribution is 2.37. The summed E-state index contributed by atoms with van der Waals surface area (Å²) in [6, 6.07) is 12.6. The standard InChI is InChI=1S/C18H17N5S/c19-6-7-22-8-10-23(11-9-22)17-16-15(14-4-2-1-3-5-14)12-24-18(16)21-13-20-17/h1-5,12-13H,7-11H2. The smallest absolute Gasteiger partial charge is 0.141 e. The molecule has 1 aliphatic heterocycles. The van der Waals surface area contributed by atoms with Crippen molar-refractivity contribution in [3.63, 3.8) is 0 Å². The first kappa shape index (κ1) is 15.1. The Kier molecular flexibility index (Phi) is 4.11. The molecule has 6 heteroatoms. The van der Waals surface area contributed by atoms with Crippen molar-refractivity contribution >= 4 is 27.4 Å². The summed E-state index contributed by atoms with van der Waals surface area (Å²) in [6.07, 6.45) is 1.66. The number of hydrogen-bond donors (Lipinski definition) is 0. The lowest BCUT2D eigenvalue weighted by Crippen LogP contribution is -2.46. The molecule has 2 aromatic heterocycles. The molecular weight excluding hydrogens is 318 g/mol. The minimum absolute atomic E-state index is 0.501. The summed E-state index contributed by atoms with van der Waals surface area (Å²) in [4.78, 5) is 14.6. The summed E-state index contributed by atoms with van der Waals surface area (Å²) in [7, 11) is 0. The van der Waals surface area contributed by atoms with Crippen molar-refractivity contribution in [1.82, 2.24) is 14.9 Å². The third-order valence-electron chi connectivity index (χ3n) is 4.40. The number of thiophene rings is 1. The maximum absolute atomic E-state index is 8.85. The molecule has 3 aromatic rings. The van der Waals surface area contributed by atoms with Crippen molar-refractivity contribution in [3.8, 4) is 17.2 Å². The van der Waals surface area contributed by atoms with Gasteiger partial charge in [0.15, 0.2) is 0 Å². The van der Waals surface area contributed by atoms with E-state index in [4.69, 9.17) is 5.26 Å². The van der Waals surface area contributed by atoms with Gasteiger partial charge in [0.25, 0.3) is 0 Å². The van der Waals surface area contributed by atoms with Gasteiger partial charge in [-0.15, -0.1) is 11.3 Å². The van der Waals surface area contributed by atoms with Crippen molar-refractivity contribution in [2.24, 2.45) is 0 Å². The molecule has 24 heavy (non-hydrogen) atoms. The Labute approximate surface area is 144 Å². The second-order valence-electron chi connectivity index (χ2n) is 5.81. The van der Waals surface area contributed by atoms with E-state index in [9.17, 15) is 0 Å². The molecule has 3 heterocycles. The van der Waals surface area contributed by atoms with Crippen LogP contribution in [0.15, 0.2) is 42.0 Å². The molecule has 0 saturated carbocycles. The molecule has 0 atom stereocenters. The molecule has 4 rings (SSSR count). The van der Waals surface area contributed by atoms with Crippen LogP contribution in [0.25, 0.3) is 21.3 Å². The fourth-order valence-electron chi connectivity index (χ4n) is 3.15. The number of fused-ring (bicyclic) bond motifs is 1. The van der Waals surface area contributed by atoms with Gasteiger partial charge in [-0.1, -0.05) is 30.3 Å². The number of hydrogen-bond acceptors (Lipinski definition) is 6. The van der Waals surface area contributed by atoms with Gasteiger partial charge in [-0.3, -0.25) is 4.90 Å². The molecule has 0 spiro atoms. The third-order valence-corrected chi connectivity index (χ3v) is 5.29. The Morgan fingerprint density at radius 2 is 1.88 bits per heavy atom. The second kappa shape index (κ2) is 6.56. The van der Waals surface area contributed by atoms with Gasteiger partial charge < -0.3 is 4.90 Å². The van der Waals surface area contributed by atoms with E-state index in [2.05, 4.69) is 55.5 Å². The first-order chi connectivity index (χ1) is 11.9. The summed E-state index contributed by atoms with van der Waals surface area (Å²) in [5.74, 6) is 1.01. The van der Waals surface area contributed by atoms with Crippen LogP contribution >= 0.6 is 11.3 Å². The predicted molar refractivity (Wildman–Crippen MR) is 97.1 cm³/mol. The number of rotatable bonds is 3. The minimum Gasteiger partial charge on any atom is -0.353 e. The molecule has 0 amide bonds. The molecule has 1 aromatic carbocycles. The summed E-state index contributed by atoms with van der Waals surface area (Å²) in [6.45, 7) is 4.06. The molecule has 120 valence electrons. The van der Waals surface area contributed by atoms with Gasteiger partial charge >= 0.3 is 0 Å². The highest BCUT2D eigenvalue weighted by atomic mass is 32.1. The second-order valence-corrected chi connectivity index (χ2v) is 6.67. The fraction of sp³-hybridized carbons (Fsp3) is 0.278. The number of nitriles is 1. The summed E-state index contributed by atoms with van der Waals surface area (Å²) < 4.78 is 0. The average Bonchev–Trinajstić information content (AvgIpc) is 3.08. The van der Waals surface area contributed by atoms with Gasteiger partial charge in [-0.05, 0) is 5.56 Å². The van der Waals surface area contributed by atoms with Crippen molar-refractivity contribution in [3.05, 3.63) is 42.0 Å². The lowest BCUT2D eigenvalue weighted by atomic mass is 10.1. The van der Waals surface area contributed by atoms with E-state index in [-0.39, 0.29) is 0 Å². The van der Waals surface area contributed by atoms with Crippen LogP contribution in [-0.4, -0.2) is 47.6 Å². The quantitative estimate of drug-likeness (QED) is 0.689. The van der Waals surface area contributed by atoms with Crippen molar-refractivity contribution in [2.45, 2.75) is 0 Å². The molecule has 0 N–H and O–H groups in total. The molecular formula is C18H17N5S. The van der Waals surface area contributed by atoms with Crippen molar-refractivity contribution in [1.29, 1.82) is 5.26 Å². The van der Waals surface area contributed by atoms with E-state index in [0.717, 1.165) is 42.2 Å². The fourth-order valence-corrected chi connectivity index (χ4v) is 4.06. The van der Waals surface area contributed by atoms with Crippen molar-refractivity contribution in [2.75, 3.05) is 37.6 Å². The Morgan fingerprint density at radius 3 is 2.62 bits per heavy atom. The highest BCUT2D eigenvalue weighted by Gasteiger charge is 2.22. The molecule has 0 bridgehead atoms. The first-order valence-corrected chi connectivity index (χ1v) is 8.86. The number of anilines is 1. The third kappa shape index (κ3) is 2.73. The Balaban J connectivity index is 1.72. The van der Waals surface area contributed by atoms with Crippen LogP contribution in [0.5, 0.6) is 0 Å². The van der Waals surface area contributed by atoms with E-state index >= 15 is 0 Å². The topological polar surface area (TPSA) is 56.1 Å². The largest absolute Gasteiger partial charge is 0.353 e. The molecule has 1 aliphatic rings. The zero-order chi connectivity index (χ0) is 16.4. The Hall–Kier alpha value is -2.49. The van der Waals surface area contributed by atoms with Gasteiger partial charge in [0.1, 0.15) is 17.0 Å². The molecule has 0 aliphatic carbocycles. The average molecular weight is 335 g/mol. The van der Waals surface area contributed by atoms with Crippen molar-refractivity contribution < 1.29 is 0 Å². The molecule has 5 nitrogen and oxygen atoms in total. The van der Waals surface area contributed by atoms with E-state index in [1.54, 1.807) is 17.7 Å². The summed E-state index contributed by atoms with van der Waals surface area (Å²) >= 11 is 1.66. The Bertz CT molecular complexity index is 875. The minimum atomic E-state index is 0.501. The lowest BCUT2D eigenvalue weighted by molar-refractivity contribution is 0.286. The zero-order valence-electron chi connectivity index (χ0n) is 13.2. The van der Waals surface area contributed by atoms with Gasteiger partial charge in [-0.2, -0.15) is 5.26 Å². The molecule has 0 unspecified atom stereocenters. The molecule has 0 radical (unpaired) electrons. The highest BCUT2D eigenvalue weighted by molar-refractivity contribution is 7.17. The number of aromatic nitrogens is 2. The maximum Gasteiger partial charge on any atom is 0.141 e. The normalized spacial score (nSPS) is 15.5. The van der Waals surface area contributed by atoms with Gasteiger partial charge in [0.2, 0.25) is 0 Å². The van der Waals surface area contributed by atoms with E-state index in [1.165, 1.54) is 11.1 Å². The summed E-state index contributed by atoms with van der Waals surface area (Å²) in [5, 5.41) is 12.2. The van der Waals surface area contributed by atoms with Crippen LogP contribution in [0.4, 0.5) is 5.82 Å². The maximum atomic E-state index is 8.85. The summed E-state index contributed by atoms with van der Waals surface area (Å²) in [5.41, 5.74) is 2.40. The van der Waals surface area contributed by atoms with Crippen LogP contribution in [0.3, 0.4) is 0 Å². The van der Waals surface area contributed by atoms with Crippen LogP contribution in [0.1, 0.15) is 0 Å². The van der Waals surface area contributed by atoms with E-state index < -0.39 is 0 Å².